The average Bonchev–Trinajstić information content (AvgIpc) is 2.38. The van der Waals surface area contributed by atoms with E-state index >= 15 is 0 Å². The topological polar surface area (TPSA) is 26.8 Å². The fourth-order valence-electron chi connectivity index (χ4n) is 2.92. The molecule has 17 heavy (non-hydrogen) atoms. The van der Waals surface area contributed by atoms with Crippen molar-refractivity contribution in [3.8, 4) is 0 Å². The average molecular weight is 239 g/mol. The molecule has 0 bridgehead atoms. The molecule has 2 heterocycles. The Kier molecular flexibility index (Phi) is 4.26. The summed E-state index contributed by atoms with van der Waals surface area (Å²) < 4.78 is 0. The van der Waals surface area contributed by atoms with Crippen LogP contribution in [0.5, 0.6) is 0 Å². The minimum Gasteiger partial charge on any atom is -0.325 e. The van der Waals surface area contributed by atoms with Crippen molar-refractivity contribution in [3.63, 3.8) is 0 Å². The highest BCUT2D eigenvalue weighted by molar-refractivity contribution is 5.74. The molecule has 2 amide bonds. The molecule has 4 heteroatoms. The Labute approximate surface area is 105 Å². The van der Waals surface area contributed by atoms with E-state index in [0.717, 1.165) is 26.1 Å². The van der Waals surface area contributed by atoms with Crippen LogP contribution in [0.4, 0.5) is 4.79 Å². The van der Waals surface area contributed by atoms with Crippen LogP contribution in [0.1, 0.15) is 32.1 Å². The molecule has 2 fully saturated rings. The first-order valence-corrected chi connectivity index (χ1v) is 6.89. The maximum atomic E-state index is 12.3. The van der Waals surface area contributed by atoms with Crippen LogP contribution in [0, 0.1) is 0 Å². The lowest BCUT2D eigenvalue weighted by atomic mass is 10.1. The number of amides is 2. The molecule has 4 nitrogen and oxygen atoms in total. The maximum Gasteiger partial charge on any atom is 0.320 e. The van der Waals surface area contributed by atoms with Gasteiger partial charge in [-0.3, -0.25) is 0 Å². The number of likely N-dealkylation sites (N-methyl/N-ethyl adjacent to an activating group) is 2. The third-order valence-electron chi connectivity index (χ3n) is 4.08. The zero-order valence-electron chi connectivity index (χ0n) is 11.2. The van der Waals surface area contributed by atoms with Crippen molar-refractivity contribution in [1.82, 2.24) is 14.7 Å². The summed E-state index contributed by atoms with van der Waals surface area (Å²) in [6.45, 7) is 4.09. The SMILES string of the molecule is CN1CCCC(N(C)C(=O)N2CCCCC2)C1. The lowest BCUT2D eigenvalue weighted by Crippen LogP contribution is -2.52. The Morgan fingerprint density at radius 1 is 1.12 bits per heavy atom. The molecule has 0 N–H and O–H groups in total. The standard InChI is InChI=1S/C13H25N3O/c1-14-8-6-7-12(11-14)15(2)13(17)16-9-4-3-5-10-16/h12H,3-11H2,1-2H3. The van der Waals surface area contributed by atoms with Crippen LogP contribution >= 0.6 is 0 Å². The number of urea groups is 1. The number of piperidine rings is 2. The van der Waals surface area contributed by atoms with Crippen LogP contribution in [0.15, 0.2) is 0 Å². The molecule has 98 valence electrons. The summed E-state index contributed by atoms with van der Waals surface area (Å²) in [6, 6.07) is 0.646. The second kappa shape index (κ2) is 5.71. The number of rotatable bonds is 1. The van der Waals surface area contributed by atoms with Crippen molar-refractivity contribution in [2.75, 3.05) is 40.3 Å². The van der Waals surface area contributed by atoms with Crippen molar-refractivity contribution in [2.24, 2.45) is 0 Å². The normalized spacial score (nSPS) is 26.9. The summed E-state index contributed by atoms with van der Waals surface area (Å²) in [7, 11) is 4.12. The molecule has 2 rings (SSSR count). The van der Waals surface area contributed by atoms with Gasteiger partial charge in [0.1, 0.15) is 0 Å². The van der Waals surface area contributed by atoms with Crippen molar-refractivity contribution >= 4 is 6.03 Å². The second-order valence-electron chi connectivity index (χ2n) is 5.50. The third-order valence-corrected chi connectivity index (χ3v) is 4.08. The largest absolute Gasteiger partial charge is 0.325 e. The van der Waals surface area contributed by atoms with E-state index in [1.165, 1.54) is 32.2 Å². The fraction of sp³-hybridized carbons (Fsp3) is 0.923. The number of nitrogens with zero attached hydrogens (tertiary/aromatic N) is 3. The van der Waals surface area contributed by atoms with Gasteiger partial charge in [-0.2, -0.15) is 0 Å². The summed E-state index contributed by atoms with van der Waals surface area (Å²) in [4.78, 5) is 18.7. The first-order chi connectivity index (χ1) is 8.18. The molecule has 1 atom stereocenters. The number of carbonyl (C=O) groups is 1. The lowest BCUT2D eigenvalue weighted by Gasteiger charge is -2.39. The van der Waals surface area contributed by atoms with Gasteiger partial charge in [-0.1, -0.05) is 0 Å². The Balaban J connectivity index is 1.89. The quantitative estimate of drug-likeness (QED) is 0.695. The first-order valence-electron chi connectivity index (χ1n) is 6.89. The highest BCUT2D eigenvalue weighted by atomic mass is 16.2. The summed E-state index contributed by atoms with van der Waals surface area (Å²) in [6.07, 6.45) is 5.98. The van der Waals surface area contributed by atoms with Gasteiger partial charge in [-0.05, 0) is 45.7 Å². The first kappa shape index (κ1) is 12.7. The zero-order chi connectivity index (χ0) is 12.3. The van der Waals surface area contributed by atoms with Crippen molar-refractivity contribution < 1.29 is 4.79 Å². The molecule has 0 aromatic heterocycles. The number of hydrogen-bond donors (Lipinski definition) is 0. The van der Waals surface area contributed by atoms with Crippen LogP contribution < -0.4 is 0 Å². The van der Waals surface area contributed by atoms with Gasteiger partial charge in [0.05, 0.1) is 0 Å². The highest BCUT2D eigenvalue weighted by Gasteiger charge is 2.27. The molecule has 2 aliphatic rings. The predicted octanol–water partition coefficient (Wildman–Crippen LogP) is 1.62. The summed E-state index contributed by atoms with van der Waals surface area (Å²) >= 11 is 0. The van der Waals surface area contributed by atoms with E-state index in [4.69, 9.17) is 0 Å². The van der Waals surface area contributed by atoms with Crippen LogP contribution in [-0.4, -0.2) is 67.0 Å². The van der Waals surface area contributed by atoms with Crippen molar-refractivity contribution in [2.45, 2.75) is 38.1 Å². The summed E-state index contributed by atoms with van der Waals surface area (Å²) in [5.74, 6) is 0. The molecule has 1 unspecified atom stereocenters. The van der Waals surface area contributed by atoms with Gasteiger partial charge < -0.3 is 14.7 Å². The highest BCUT2D eigenvalue weighted by Crippen LogP contribution is 2.17. The molecule has 0 saturated carbocycles. The second-order valence-corrected chi connectivity index (χ2v) is 5.50. The third kappa shape index (κ3) is 3.12. The minimum atomic E-state index is 0.241. The molecule has 2 saturated heterocycles. The van der Waals surface area contributed by atoms with E-state index in [2.05, 4.69) is 11.9 Å². The number of carbonyl (C=O) groups excluding carboxylic acids is 1. The number of hydrogen-bond acceptors (Lipinski definition) is 2. The Bertz CT molecular complexity index is 263. The van der Waals surface area contributed by atoms with Crippen LogP contribution in [0.3, 0.4) is 0 Å². The Morgan fingerprint density at radius 3 is 2.47 bits per heavy atom. The molecule has 0 radical (unpaired) electrons. The number of likely N-dealkylation sites (tertiary alicyclic amines) is 2. The molecular formula is C13H25N3O. The van der Waals surface area contributed by atoms with Crippen LogP contribution in [0.25, 0.3) is 0 Å². The van der Waals surface area contributed by atoms with E-state index in [1.54, 1.807) is 0 Å². The van der Waals surface area contributed by atoms with Gasteiger partial charge in [0.15, 0.2) is 0 Å². The molecular weight excluding hydrogens is 214 g/mol. The molecule has 0 aliphatic carbocycles. The van der Waals surface area contributed by atoms with Crippen LogP contribution in [0.2, 0.25) is 0 Å². The molecule has 0 aromatic rings. The van der Waals surface area contributed by atoms with Gasteiger partial charge in [0.25, 0.3) is 0 Å². The van der Waals surface area contributed by atoms with E-state index in [1.807, 2.05) is 16.8 Å². The van der Waals surface area contributed by atoms with Gasteiger partial charge in [-0.15, -0.1) is 0 Å². The van der Waals surface area contributed by atoms with E-state index < -0.39 is 0 Å². The van der Waals surface area contributed by atoms with E-state index in [-0.39, 0.29) is 6.03 Å². The predicted molar refractivity (Wildman–Crippen MR) is 69.1 cm³/mol. The van der Waals surface area contributed by atoms with Gasteiger partial charge >= 0.3 is 6.03 Å². The monoisotopic (exact) mass is 239 g/mol. The molecule has 2 aliphatic heterocycles. The summed E-state index contributed by atoms with van der Waals surface area (Å²) in [5.41, 5.74) is 0. The maximum absolute atomic E-state index is 12.3. The van der Waals surface area contributed by atoms with E-state index in [0.29, 0.717) is 6.04 Å². The van der Waals surface area contributed by atoms with Gasteiger partial charge in [0, 0.05) is 32.7 Å². The van der Waals surface area contributed by atoms with Crippen molar-refractivity contribution in [3.05, 3.63) is 0 Å². The lowest BCUT2D eigenvalue weighted by molar-refractivity contribution is 0.109. The van der Waals surface area contributed by atoms with Gasteiger partial charge in [0.2, 0.25) is 0 Å². The fourth-order valence-corrected chi connectivity index (χ4v) is 2.92. The Hall–Kier alpha value is -0.770. The Morgan fingerprint density at radius 2 is 1.82 bits per heavy atom. The molecule has 0 aromatic carbocycles. The van der Waals surface area contributed by atoms with Crippen LogP contribution in [-0.2, 0) is 0 Å². The smallest absolute Gasteiger partial charge is 0.320 e. The van der Waals surface area contributed by atoms with Gasteiger partial charge in [-0.25, -0.2) is 4.79 Å². The minimum absolute atomic E-state index is 0.241. The molecule has 0 spiro atoms. The summed E-state index contributed by atoms with van der Waals surface area (Å²) in [5, 5.41) is 0. The van der Waals surface area contributed by atoms with E-state index in [9.17, 15) is 4.79 Å². The van der Waals surface area contributed by atoms with Crippen molar-refractivity contribution in [1.29, 1.82) is 0 Å². The zero-order valence-corrected chi connectivity index (χ0v) is 11.2.